The van der Waals surface area contributed by atoms with Crippen molar-refractivity contribution in [2.75, 3.05) is 0 Å². The Morgan fingerprint density at radius 3 is 2.00 bits per heavy atom. The fourth-order valence-electron chi connectivity index (χ4n) is 1.13. The lowest BCUT2D eigenvalue weighted by Crippen LogP contribution is -2.20. The molecule has 1 rings (SSSR count). The smallest absolute Gasteiger partial charge is 0.384 e. The van der Waals surface area contributed by atoms with Crippen molar-refractivity contribution < 1.29 is 19.7 Å². The number of aliphatic carboxylic acids is 1. The van der Waals surface area contributed by atoms with E-state index in [1.54, 1.807) is 0 Å². The fraction of sp³-hybridized carbons (Fsp3) is 0.125. The summed E-state index contributed by atoms with van der Waals surface area (Å²) in [6.07, 6.45) is 0. The van der Waals surface area contributed by atoms with E-state index >= 15 is 0 Å². The molecule has 16 heavy (non-hydrogen) atoms. The highest BCUT2D eigenvalue weighted by atomic mass is 16.6. The second kappa shape index (κ2) is 4.34. The largest absolute Gasteiger partial charge is 0.476 e. The first-order valence-corrected chi connectivity index (χ1v) is 4.04. The summed E-state index contributed by atoms with van der Waals surface area (Å²) in [4.78, 5) is 29.7. The minimum absolute atomic E-state index is 0.108. The molecule has 0 amide bonds. The number of benzene rings is 1. The number of rotatable bonds is 4. The van der Waals surface area contributed by atoms with Crippen molar-refractivity contribution in [3.63, 3.8) is 0 Å². The van der Waals surface area contributed by atoms with E-state index in [1.165, 1.54) is 0 Å². The molecule has 1 aromatic rings. The van der Waals surface area contributed by atoms with Crippen LogP contribution in [0.2, 0.25) is 0 Å². The number of carboxylic acid groups (broad SMARTS) is 1. The van der Waals surface area contributed by atoms with Gasteiger partial charge >= 0.3 is 12.0 Å². The molecular formula is C8H6N2O6. The minimum Gasteiger partial charge on any atom is -0.476 e. The molecule has 84 valence electrons. The molecule has 0 aliphatic carbocycles. The number of hydrogen-bond donors (Lipinski definition) is 1. The van der Waals surface area contributed by atoms with Crippen molar-refractivity contribution in [2.45, 2.75) is 6.04 Å². The molecule has 0 bridgehead atoms. The number of hydrogen-bond acceptors (Lipinski definition) is 5. The van der Waals surface area contributed by atoms with Gasteiger partial charge in [-0.3, -0.25) is 20.2 Å². The molecule has 8 nitrogen and oxygen atoms in total. The summed E-state index contributed by atoms with van der Waals surface area (Å²) in [7, 11) is 0. The van der Waals surface area contributed by atoms with Gasteiger partial charge in [0.15, 0.2) is 0 Å². The summed E-state index contributed by atoms with van der Waals surface area (Å²) in [5.74, 6) is -1.61. The molecular weight excluding hydrogens is 220 g/mol. The van der Waals surface area contributed by atoms with E-state index in [9.17, 15) is 25.0 Å². The molecule has 1 atom stereocenters. The third kappa shape index (κ3) is 2.29. The van der Waals surface area contributed by atoms with Gasteiger partial charge in [0.05, 0.1) is 4.92 Å². The molecule has 0 heterocycles. The van der Waals surface area contributed by atoms with Crippen LogP contribution >= 0.6 is 0 Å². The summed E-state index contributed by atoms with van der Waals surface area (Å²) < 4.78 is 0. The highest BCUT2D eigenvalue weighted by molar-refractivity contribution is 5.74. The molecule has 0 saturated carbocycles. The topological polar surface area (TPSA) is 124 Å². The number of nitrogens with zero attached hydrogens (tertiary/aromatic N) is 2. The van der Waals surface area contributed by atoms with Gasteiger partial charge in [0.1, 0.15) is 0 Å². The Balaban J connectivity index is 3.08. The lowest BCUT2D eigenvalue weighted by Gasteiger charge is -2.03. The Hall–Kier alpha value is -2.51. The van der Waals surface area contributed by atoms with Crippen LogP contribution in [0.25, 0.3) is 0 Å². The monoisotopic (exact) mass is 226 g/mol. The summed E-state index contributed by atoms with van der Waals surface area (Å²) in [5, 5.41) is 29.4. The van der Waals surface area contributed by atoms with Crippen molar-refractivity contribution in [3.05, 3.63) is 50.1 Å². The zero-order chi connectivity index (χ0) is 12.3. The second-order valence-electron chi connectivity index (χ2n) is 2.87. The molecule has 0 fully saturated rings. The number of carboxylic acids is 1. The number of carbonyl (C=O) groups is 1. The highest BCUT2D eigenvalue weighted by Crippen LogP contribution is 2.20. The molecule has 0 aromatic heterocycles. The molecule has 0 saturated heterocycles. The molecule has 0 spiro atoms. The third-order valence-electron chi connectivity index (χ3n) is 1.86. The van der Waals surface area contributed by atoms with Crippen LogP contribution in [0.15, 0.2) is 24.3 Å². The Morgan fingerprint density at radius 2 is 1.69 bits per heavy atom. The van der Waals surface area contributed by atoms with Crippen molar-refractivity contribution in [2.24, 2.45) is 0 Å². The van der Waals surface area contributed by atoms with E-state index in [-0.39, 0.29) is 11.3 Å². The predicted molar refractivity (Wildman–Crippen MR) is 50.5 cm³/mol. The van der Waals surface area contributed by atoms with E-state index in [0.29, 0.717) is 0 Å². The maximum absolute atomic E-state index is 10.6. The van der Waals surface area contributed by atoms with Crippen molar-refractivity contribution in [3.8, 4) is 0 Å². The SMILES string of the molecule is O=C(O)C(c1ccc([N+](=O)[O-])cc1)[N+](=O)[O-]. The van der Waals surface area contributed by atoms with Gasteiger partial charge in [0.25, 0.3) is 5.69 Å². The summed E-state index contributed by atoms with van der Waals surface area (Å²) in [5.41, 5.74) is -0.362. The van der Waals surface area contributed by atoms with Gasteiger partial charge in [-0.15, -0.1) is 0 Å². The Morgan fingerprint density at radius 1 is 1.19 bits per heavy atom. The molecule has 1 unspecified atom stereocenters. The molecule has 1 aromatic carbocycles. The normalized spacial score (nSPS) is 11.8. The average molecular weight is 226 g/mol. The van der Waals surface area contributed by atoms with Gasteiger partial charge in [0.2, 0.25) is 0 Å². The summed E-state index contributed by atoms with van der Waals surface area (Å²) in [6, 6.07) is 2.25. The van der Waals surface area contributed by atoms with E-state index in [0.717, 1.165) is 24.3 Å². The van der Waals surface area contributed by atoms with E-state index in [1.807, 2.05) is 0 Å². The van der Waals surface area contributed by atoms with Gasteiger partial charge in [-0.1, -0.05) is 0 Å². The third-order valence-corrected chi connectivity index (χ3v) is 1.86. The Bertz CT molecular complexity index is 426. The van der Waals surface area contributed by atoms with E-state index in [4.69, 9.17) is 5.11 Å². The lowest BCUT2D eigenvalue weighted by atomic mass is 10.1. The standard InChI is InChI=1S/C8H6N2O6/c11-8(12)7(10(15)16)5-1-3-6(4-2-5)9(13)14/h1-4,7H,(H,11,12). The van der Waals surface area contributed by atoms with Gasteiger partial charge < -0.3 is 5.11 Å². The van der Waals surface area contributed by atoms with Crippen molar-refractivity contribution in [1.29, 1.82) is 0 Å². The Kier molecular flexibility index (Phi) is 3.14. The fourth-order valence-corrected chi connectivity index (χ4v) is 1.13. The summed E-state index contributed by atoms with van der Waals surface area (Å²) in [6.45, 7) is 0. The quantitative estimate of drug-likeness (QED) is 0.603. The van der Waals surface area contributed by atoms with Crippen LogP contribution < -0.4 is 0 Å². The Labute approximate surface area is 88.4 Å². The summed E-state index contributed by atoms with van der Waals surface area (Å²) >= 11 is 0. The van der Waals surface area contributed by atoms with Crippen LogP contribution in [0, 0.1) is 20.2 Å². The van der Waals surface area contributed by atoms with Crippen LogP contribution in [0.1, 0.15) is 11.6 Å². The second-order valence-corrected chi connectivity index (χ2v) is 2.87. The van der Waals surface area contributed by atoms with Crippen LogP contribution in [0.5, 0.6) is 0 Å². The van der Waals surface area contributed by atoms with Gasteiger partial charge in [-0.05, 0) is 12.1 Å². The first-order chi connectivity index (χ1) is 7.43. The predicted octanol–water partition coefficient (Wildman–Crippen LogP) is 0.997. The molecule has 0 aliphatic rings. The lowest BCUT2D eigenvalue weighted by molar-refractivity contribution is -0.516. The van der Waals surface area contributed by atoms with Crippen molar-refractivity contribution >= 4 is 11.7 Å². The average Bonchev–Trinajstić information content (AvgIpc) is 2.17. The van der Waals surface area contributed by atoms with Crippen molar-refractivity contribution in [1.82, 2.24) is 0 Å². The minimum atomic E-state index is -1.90. The molecule has 0 aliphatic heterocycles. The highest BCUT2D eigenvalue weighted by Gasteiger charge is 2.31. The van der Waals surface area contributed by atoms with Gasteiger partial charge in [-0.25, -0.2) is 4.79 Å². The maximum Gasteiger partial charge on any atom is 0.384 e. The zero-order valence-electron chi connectivity index (χ0n) is 7.77. The first kappa shape index (κ1) is 11.6. The number of nitro groups is 2. The molecule has 8 heteroatoms. The zero-order valence-corrected chi connectivity index (χ0v) is 7.77. The van der Waals surface area contributed by atoms with Crippen LogP contribution in [-0.2, 0) is 4.79 Å². The molecule has 1 N–H and O–H groups in total. The number of non-ortho nitro benzene ring substituents is 1. The van der Waals surface area contributed by atoms with Gasteiger partial charge in [-0.2, -0.15) is 0 Å². The van der Waals surface area contributed by atoms with E-state index in [2.05, 4.69) is 0 Å². The first-order valence-electron chi connectivity index (χ1n) is 4.04. The number of nitro benzene ring substituents is 1. The van der Waals surface area contributed by atoms with Crippen LogP contribution in [-0.4, -0.2) is 20.9 Å². The maximum atomic E-state index is 10.6. The van der Waals surface area contributed by atoms with Gasteiger partial charge in [0, 0.05) is 22.6 Å². The van der Waals surface area contributed by atoms with E-state index < -0.39 is 21.9 Å². The van der Waals surface area contributed by atoms with Crippen LogP contribution in [0.3, 0.4) is 0 Å². The molecule has 0 radical (unpaired) electrons. The van der Waals surface area contributed by atoms with Crippen LogP contribution in [0.4, 0.5) is 5.69 Å².